The van der Waals surface area contributed by atoms with Crippen molar-refractivity contribution in [1.82, 2.24) is 24.5 Å². The van der Waals surface area contributed by atoms with Crippen molar-refractivity contribution in [2.45, 2.75) is 13.5 Å². The van der Waals surface area contributed by atoms with Gasteiger partial charge in [0.2, 0.25) is 5.95 Å². The summed E-state index contributed by atoms with van der Waals surface area (Å²) < 4.78 is 1.76. The standard InChI is InChI=1S/C9H7N.C7H9N5O.ClH.H2N.Pt/c1-2-6-9-8(4-1)5-3-7-10-9;1-2-12-3-9-4-5(12)10-7(8)11-6(4)13;;;/h1-7H;3H,2H2,1H3,(H3,8,10,11,13);1H;1H2;/q;;;-1;+2/p-1. The van der Waals surface area contributed by atoms with Gasteiger partial charge in [0.05, 0.1) is 11.8 Å². The van der Waals surface area contributed by atoms with Crippen LogP contribution in [0, 0.1) is 0 Å². The number of rotatable bonds is 1. The molecule has 4 rings (SSSR count). The Bertz CT molecular complexity index is 953. The molecule has 0 atom stereocenters. The Morgan fingerprint density at radius 3 is 2.58 bits per heavy atom. The smallest absolute Gasteiger partial charge is 0.0701 e. The predicted octanol–water partition coefficient (Wildman–Crippen LogP) is 3.36. The zero-order valence-corrected chi connectivity index (χ0v) is 16.9. The van der Waals surface area contributed by atoms with Gasteiger partial charge in [-0.3, -0.25) is 14.8 Å². The number of aromatic amines is 1. The molecule has 8 nitrogen and oxygen atoms in total. The number of nitrogen functional groups attached to an aromatic ring is 1. The van der Waals surface area contributed by atoms with Gasteiger partial charge in [0.15, 0.2) is 11.2 Å². The number of aryl methyl sites for hydroxylation is 1. The normalized spacial score (nSPS) is 9.54. The zero-order chi connectivity index (χ0) is 18.2. The van der Waals surface area contributed by atoms with Crippen LogP contribution >= 0.6 is 9.42 Å². The number of para-hydroxylation sites is 1. The number of anilines is 1. The number of hydrogen-bond donors (Lipinski definition) is 2. The van der Waals surface area contributed by atoms with E-state index in [9.17, 15) is 4.79 Å². The van der Waals surface area contributed by atoms with Crippen molar-refractivity contribution in [3.05, 3.63) is 65.4 Å². The molecule has 10 heteroatoms. The minimum Gasteiger partial charge on any atom is -0.693 e. The van der Waals surface area contributed by atoms with Crippen molar-refractivity contribution in [2.75, 3.05) is 5.73 Å². The van der Waals surface area contributed by atoms with Crippen molar-refractivity contribution >= 4 is 37.4 Å². The molecular formula is C16H18ClN7OPt. The summed E-state index contributed by atoms with van der Waals surface area (Å²) in [4.78, 5) is 25.8. The maximum atomic E-state index is 11.3. The average molecular weight is 555 g/mol. The first-order chi connectivity index (χ1) is 12.2. The monoisotopic (exact) mass is 554 g/mol. The first kappa shape index (κ1) is 21.8. The summed E-state index contributed by atoms with van der Waals surface area (Å²) in [5.41, 5.74) is 7.02. The second-order valence-corrected chi connectivity index (χ2v) is 4.85. The van der Waals surface area contributed by atoms with Gasteiger partial charge in [-0.15, -0.1) is 0 Å². The Hall–Kier alpha value is -2.28. The number of nitrogens with one attached hydrogen (secondary N) is 1. The molecule has 26 heavy (non-hydrogen) atoms. The number of hydrogen-bond acceptors (Lipinski definition) is 5. The number of nitrogens with zero attached hydrogens (tertiary/aromatic N) is 4. The van der Waals surface area contributed by atoms with Gasteiger partial charge in [-0.05, 0) is 19.1 Å². The van der Waals surface area contributed by atoms with E-state index in [0.29, 0.717) is 17.7 Å². The maximum Gasteiger partial charge on any atom is 0.0701 e. The molecule has 0 amide bonds. The van der Waals surface area contributed by atoms with Crippen molar-refractivity contribution in [1.29, 1.82) is 0 Å². The van der Waals surface area contributed by atoms with E-state index in [2.05, 4.69) is 41.5 Å². The van der Waals surface area contributed by atoms with Crippen LogP contribution in [-0.2, 0) is 25.3 Å². The molecule has 0 bridgehead atoms. The van der Waals surface area contributed by atoms with Crippen molar-refractivity contribution in [2.24, 2.45) is 0 Å². The number of fused-ring (bicyclic) bond motifs is 2. The van der Waals surface area contributed by atoms with E-state index in [1.807, 2.05) is 37.4 Å². The summed E-state index contributed by atoms with van der Waals surface area (Å²) in [5.74, 6) is 0.118. The van der Waals surface area contributed by atoms with Gasteiger partial charge < -0.3 is 16.5 Å². The second-order valence-electron chi connectivity index (χ2n) is 4.85. The van der Waals surface area contributed by atoms with E-state index in [4.69, 9.17) is 5.73 Å². The molecule has 0 spiro atoms. The minimum absolute atomic E-state index is 0. The fourth-order valence-corrected chi connectivity index (χ4v) is 2.22. The van der Waals surface area contributed by atoms with Crippen molar-refractivity contribution < 1.29 is 18.8 Å². The zero-order valence-electron chi connectivity index (χ0n) is 13.9. The third-order valence-corrected chi connectivity index (χ3v) is 3.35. The summed E-state index contributed by atoms with van der Waals surface area (Å²) in [6.45, 7) is 2.66. The molecule has 0 saturated carbocycles. The van der Waals surface area contributed by atoms with Gasteiger partial charge in [-0.25, -0.2) is 4.98 Å². The van der Waals surface area contributed by atoms with E-state index in [0.717, 1.165) is 5.52 Å². The fraction of sp³-hybridized carbons (Fsp3) is 0.125. The Kier molecular flexibility index (Phi) is 8.91. The quantitative estimate of drug-likeness (QED) is 0.372. The van der Waals surface area contributed by atoms with Gasteiger partial charge >= 0.3 is 28.2 Å². The summed E-state index contributed by atoms with van der Waals surface area (Å²) >= 11 is 1.61. The Morgan fingerprint density at radius 1 is 1.19 bits per heavy atom. The molecule has 0 unspecified atom stereocenters. The Balaban J connectivity index is 0.000000235. The summed E-state index contributed by atoms with van der Waals surface area (Å²) in [6.07, 6.45) is 3.38. The van der Waals surface area contributed by atoms with Gasteiger partial charge in [0.1, 0.15) is 0 Å². The number of pyridine rings is 1. The third kappa shape index (κ3) is 5.11. The molecule has 0 fully saturated rings. The number of aromatic nitrogens is 5. The van der Waals surface area contributed by atoms with Crippen molar-refractivity contribution in [3.8, 4) is 0 Å². The van der Waals surface area contributed by atoms with E-state index in [-0.39, 0.29) is 17.7 Å². The SMILES string of the molecule is CCn1cnc2c(=O)[nH]c(N)nc21.[Cl][Pt+].[NH2-].c1ccc2ncccc2c1. The van der Waals surface area contributed by atoms with Gasteiger partial charge in [0, 0.05) is 18.1 Å². The van der Waals surface area contributed by atoms with Crippen LogP contribution in [0.4, 0.5) is 5.95 Å². The molecule has 140 valence electrons. The molecular weight excluding hydrogens is 537 g/mol. The van der Waals surface area contributed by atoms with Crippen LogP contribution in [0.1, 0.15) is 6.92 Å². The summed E-state index contributed by atoms with van der Waals surface area (Å²) in [6, 6.07) is 12.1. The third-order valence-electron chi connectivity index (χ3n) is 3.35. The van der Waals surface area contributed by atoms with Gasteiger partial charge in [0.25, 0.3) is 5.56 Å². The molecule has 0 aliphatic heterocycles. The number of benzene rings is 1. The molecule has 3 aromatic heterocycles. The van der Waals surface area contributed by atoms with E-state index < -0.39 is 0 Å². The number of halogens is 1. The summed E-state index contributed by atoms with van der Waals surface area (Å²) in [5, 5.41) is 1.20. The largest absolute Gasteiger partial charge is 0.693 e. The van der Waals surface area contributed by atoms with E-state index in [1.54, 1.807) is 29.7 Å². The van der Waals surface area contributed by atoms with E-state index >= 15 is 0 Å². The van der Waals surface area contributed by atoms with Crippen molar-refractivity contribution in [3.63, 3.8) is 0 Å². The molecule has 1 aromatic carbocycles. The molecule has 4 aromatic rings. The van der Waals surface area contributed by atoms with E-state index in [1.165, 1.54) is 5.39 Å². The molecule has 3 heterocycles. The van der Waals surface area contributed by atoms with Crippen LogP contribution in [0.2, 0.25) is 0 Å². The topological polar surface area (TPSA) is 136 Å². The van der Waals surface area contributed by atoms with Gasteiger partial charge in [-0.2, -0.15) is 4.98 Å². The predicted molar refractivity (Wildman–Crippen MR) is 101 cm³/mol. The first-order valence-corrected chi connectivity index (χ1v) is 10.1. The van der Waals surface area contributed by atoms with Gasteiger partial charge in [-0.1, -0.05) is 24.3 Å². The second kappa shape index (κ2) is 10.7. The van der Waals surface area contributed by atoms with Crippen LogP contribution in [0.15, 0.2) is 53.7 Å². The molecule has 0 radical (unpaired) electrons. The summed E-state index contributed by atoms with van der Waals surface area (Å²) in [7, 11) is 4.61. The Labute approximate surface area is 165 Å². The number of imidazole rings is 1. The minimum atomic E-state index is -0.297. The molecule has 0 aliphatic rings. The Morgan fingerprint density at radius 2 is 1.88 bits per heavy atom. The van der Waals surface area contributed by atoms with Crippen LogP contribution < -0.4 is 11.3 Å². The van der Waals surface area contributed by atoms with Crippen LogP contribution in [0.25, 0.3) is 28.2 Å². The maximum absolute atomic E-state index is 11.3. The van der Waals surface area contributed by atoms with Crippen LogP contribution in [0.3, 0.4) is 0 Å². The number of H-pyrrole nitrogens is 1. The average Bonchev–Trinajstić information content (AvgIpc) is 3.07. The molecule has 0 saturated heterocycles. The first-order valence-electron chi connectivity index (χ1n) is 7.31. The number of nitrogens with two attached hydrogens (primary N) is 2. The molecule has 5 N–H and O–H groups in total. The van der Waals surface area contributed by atoms with Crippen LogP contribution in [-0.4, -0.2) is 24.5 Å². The fourth-order valence-electron chi connectivity index (χ4n) is 2.22. The van der Waals surface area contributed by atoms with Crippen LogP contribution in [0.5, 0.6) is 0 Å². The molecule has 0 aliphatic carbocycles.